The standard InChI is InChI=1S/C35H53FN2O11/c1-13-15-44-33(8)17-18(3)25(40)20(5)27-35(10,49-32(43)37-27)24(14-2)47-31(42)34(9,36)28(41)21(6)29(33)48-30-26(46-22(7)39)23(38(11)12)16-19(4)45-30/h1,18-21,23-24,26-27,29-30H,14-17H2,2-12H3,(H,37,43)/t18-,19-,20+,21+,23+,24?,26-,27-,29-,30+,33-,34+,35-/m1/s1. The van der Waals surface area contributed by atoms with Crippen molar-refractivity contribution in [1.82, 2.24) is 10.2 Å². The summed E-state index contributed by atoms with van der Waals surface area (Å²) >= 11 is 0. The predicted octanol–water partition coefficient (Wildman–Crippen LogP) is 3.14. The molecule has 14 heteroatoms. The van der Waals surface area contributed by atoms with E-state index in [1.54, 1.807) is 27.7 Å². The van der Waals surface area contributed by atoms with Gasteiger partial charge < -0.3 is 38.6 Å². The van der Waals surface area contributed by atoms with Gasteiger partial charge in [0, 0.05) is 24.7 Å². The first-order chi connectivity index (χ1) is 22.6. The molecule has 13 nitrogen and oxygen atoms in total. The molecule has 3 aliphatic rings. The molecule has 0 bridgehead atoms. The molecule has 3 aliphatic heterocycles. The molecule has 1 N–H and O–H groups in total. The normalized spacial score (nSPS) is 42.3. The highest BCUT2D eigenvalue weighted by Crippen LogP contribution is 2.41. The minimum absolute atomic E-state index is 0.0789. The topological polar surface area (TPSA) is 156 Å². The Kier molecular flexibility index (Phi) is 12.7. The lowest BCUT2D eigenvalue weighted by Gasteiger charge is -2.48. The number of cyclic esters (lactones) is 1. The number of likely N-dealkylation sites (N-methyl/N-ethyl adjacent to an activating group) is 1. The van der Waals surface area contributed by atoms with Crippen molar-refractivity contribution in [2.24, 2.45) is 17.8 Å². The summed E-state index contributed by atoms with van der Waals surface area (Å²) in [6.07, 6.45) is -0.0149. The monoisotopic (exact) mass is 696 g/mol. The van der Waals surface area contributed by atoms with Gasteiger partial charge in [-0.25, -0.2) is 14.0 Å². The van der Waals surface area contributed by atoms with Crippen LogP contribution in [0.4, 0.5) is 9.18 Å². The first-order valence-corrected chi connectivity index (χ1v) is 16.8. The van der Waals surface area contributed by atoms with Gasteiger partial charge in [-0.1, -0.05) is 33.6 Å². The van der Waals surface area contributed by atoms with Gasteiger partial charge in [-0.05, 0) is 61.1 Å². The number of amides is 1. The third-order valence-corrected chi connectivity index (χ3v) is 10.2. The highest BCUT2D eigenvalue weighted by molar-refractivity contribution is 6.08. The van der Waals surface area contributed by atoms with E-state index >= 15 is 4.39 Å². The Labute approximate surface area is 288 Å². The van der Waals surface area contributed by atoms with Crippen molar-refractivity contribution in [3.63, 3.8) is 0 Å². The van der Waals surface area contributed by atoms with Gasteiger partial charge >= 0.3 is 18.0 Å². The zero-order valence-corrected chi connectivity index (χ0v) is 30.5. The Balaban J connectivity index is 2.23. The molecule has 0 aromatic heterocycles. The zero-order chi connectivity index (χ0) is 37.2. The van der Waals surface area contributed by atoms with Crippen molar-refractivity contribution in [2.75, 3.05) is 20.7 Å². The largest absolute Gasteiger partial charge is 0.455 e. The number of halogens is 1. The minimum atomic E-state index is -3.21. The SMILES string of the molecule is C#CCO[C@]1(C)C[C@@H](C)C(=O)[C@H](C)[C@H]2NC(=O)O[C@]2(C)C(CC)OC(=O)[C@@](C)(F)C(=O)[C@H](C)[C@H]1O[C@@H]1O[C@H](C)C[C@H](N(C)C)[C@H]1OC(C)=O. The van der Waals surface area contributed by atoms with Gasteiger partial charge in [-0.3, -0.25) is 14.4 Å². The van der Waals surface area contributed by atoms with Gasteiger partial charge in [0.25, 0.3) is 5.67 Å². The number of ether oxygens (including phenoxy) is 6. The zero-order valence-electron chi connectivity index (χ0n) is 30.5. The lowest BCUT2D eigenvalue weighted by Crippen LogP contribution is -2.62. The Morgan fingerprint density at radius 1 is 1.10 bits per heavy atom. The quantitative estimate of drug-likeness (QED) is 0.180. The molecular formula is C35H53FN2O11. The van der Waals surface area contributed by atoms with E-state index in [4.69, 9.17) is 34.8 Å². The van der Waals surface area contributed by atoms with Crippen molar-refractivity contribution < 1.29 is 56.8 Å². The summed E-state index contributed by atoms with van der Waals surface area (Å²) < 4.78 is 52.5. The van der Waals surface area contributed by atoms with Gasteiger partial charge in [0.2, 0.25) is 0 Å². The number of nitrogens with one attached hydrogen (secondary N) is 1. The third kappa shape index (κ3) is 8.27. The highest BCUT2D eigenvalue weighted by Gasteiger charge is 2.59. The van der Waals surface area contributed by atoms with Crippen LogP contribution in [0.15, 0.2) is 0 Å². The molecule has 1 unspecified atom stereocenters. The van der Waals surface area contributed by atoms with Crippen LogP contribution in [0, 0.1) is 30.1 Å². The maximum absolute atomic E-state index is 16.6. The lowest BCUT2D eigenvalue weighted by molar-refractivity contribution is -0.299. The lowest BCUT2D eigenvalue weighted by atomic mass is 9.73. The molecule has 0 aromatic rings. The molecule has 3 fully saturated rings. The Hall–Kier alpha value is -3.12. The predicted molar refractivity (Wildman–Crippen MR) is 174 cm³/mol. The summed E-state index contributed by atoms with van der Waals surface area (Å²) in [4.78, 5) is 68.6. The molecule has 276 valence electrons. The molecule has 0 aliphatic carbocycles. The number of alkyl carbamates (subject to hydrolysis) is 1. The number of alkyl halides is 1. The van der Waals surface area contributed by atoms with E-state index in [1.807, 2.05) is 25.9 Å². The molecule has 1 amide bonds. The molecule has 0 aromatic carbocycles. The molecule has 0 spiro atoms. The number of rotatable bonds is 7. The highest BCUT2D eigenvalue weighted by atomic mass is 19.1. The maximum atomic E-state index is 16.6. The second-order valence-electron chi connectivity index (χ2n) is 14.5. The smallest absolute Gasteiger partial charge is 0.408 e. The molecule has 3 heterocycles. The van der Waals surface area contributed by atoms with Crippen LogP contribution in [0.3, 0.4) is 0 Å². The van der Waals surface area contributed by atoms with Crippen molar-refractivity contribution in [3.8, 4) is 12.3 Å². The maximum Gasteiger partial charge on any atom is 0.408 e. The second kappa shape index (κ2) is 15.4. The number of esters is 2. The van der Waals surface area contributed by atoms with Crippen LogP contribution in [-0.4, -0.2) is 115 Å². The van der Waals surface area contributed by atoms with Crippen LogP contribution in [0.5, 0.6) is 0 Å². The number of carbonyl (C=O) groups is 5. The van der Waals surface area contributed by atoms with E-state index in [9.17, 15) is 24.0 Å². The Morgan fingerprint density at radius 3 is 2.29 bits per heavy atom. The van der Waals surface area contributed by atoms with Crippen molar-refractivity contribution >= 4 is 29.6 Å². The minimum Gasteiger partial charge on any atom is -0.455 e. The number of ketones is 2. The molecule has 3 rings (SSSR count). The Bertz CT molecular complexity index is 1320. The number of carbonyl (C=O) groups excluding carboxylic acids is 5. The average Bonchev–Trinajstić information content (AvgIpc) is 3.33. The summed E-state index contributed by atoms with van der Waals surface area (Å²) in [7, 11) is 3.62. The Morgan fingerprint density at radius 2 is 1.73 bits per heavy atom. The molecule has 0 radical (unpaired) electrons. The number of fused-ring (bicyclic) bond motifs is 1. The molecule has 13 atom stereocenters. The average molecular weight is 697 g/mol. The fourth-order valence-corrected chi connectivity index (χ4v) is 7.64. The summed E-state index contributed by atoms with van der Waals surface area (Å²) in [6, 6.07) is -1.34. The van der Waals surface area contributed by atoms with E-state index in [0.29, 0.717) is 6.42 Å². The number of terminal acetylenes is 1. The molecule has 49 heavy (non-hydrogen) atoms. The van der Waals surface area contributed by atoms with E-state index < -0.39 is 95.2 Å². The van der Waals surface area contributed by atoms with Gasteiger partial charge in [0.15, 0.2) is 23.8 Å². The summed E-state index contributed by atoms with van der Waals surface area (Å²) in [5.41, 5.74) is -6.35. The third-order valence-electron chi connectivity index (χ3n) is 10.2. The number of nitrogens with zero attached hydrogens (tertiary/aromatic N) is 1. The summed E-state index contributed by atoms with van der Waals surface area (Å²) in [5, 5.41) is 2.67. The number of hydrogen-bond acceptors (Lipinski definition) is 12. The van der Waals surface area contributed by atoms with Crippen molar-refractivity contribution in [3.05, 3.63) is 0 Å². The molecule has 0 saturated carbocycles. The first kappa shape index (κ1) is 40.3. The summed E-state index contributed by atoms with van der Waals surface area (Å²) in [6.45, 7) is 13.0. The van der Waals surface area contributed by atoms with E-state index in [0.717, 1.165) is 6.92 Å². The van der Waals surface area contributed by atoms with Crippen LogP contribution in [0.25, 0.3) is 0 Å². The van der Waals surface area contributed by atoms with Crippen LogP contribution in [0.2, 0.25) is 0 Å². The molecular weight excluding hydrogens is 643 g/mol. The van der Waals surface area contributed by atoms with E-state index in [2.05, 4.69) is 11.2 Å². The van der Waals surface area contributed by atoms with Gasteiger partial charge in [0.1, 0.15) is 18.5 Å². The first-order valence-electron chi connectivity index (χ1n) is 16.8. The second-order valence-corrected chi connectivity index (χ2v) is 14.5. The van der Waals surface area contributed by atoms with Crippen LogP contribution in [-0.2, 0) is 47.6 Å². The van der Waals surface area contributed by atoms with E-state index in [1.165, 1.54) is 20.8 Å². The van der Waals surface area contributed by atoms with Crippen molar-refractivity contribution in [1.29, 1.82) is 0 Å². The summed E-state index contributed by atoms with van der Waals surface area (Å²) in [5.74, 6) is -4.28. The van der Waals surface area contributed by atoms with Crippen LogP contribution < -0.4 is 5.32 Å². The molecule has 3 saturated heterocycles. The van der Waals surface area contributed by atoms with Crippen LogP contribution in [0.1, 0.15) is 81.6 Å². The van der Waals surface area contributed by atoms with Gasteiger partial charge in [0.05, 0.1) is 29.9 Å². The fourth-order valence-electron chi connectivity index (χ4n) is 7.64. The van der Waals surface area contributed by atoms with Crippen molar-refractivity contribution in [2.45, 2.75) is 141 Å². The number of hydrogen-bond donors (Lipinski definition) is 1. The van der Waals surface area contributed by atoms with Crippen LogP contribution >= 0.6 is 0 Å². The number of Topliss-reactive ketones (excluding diaryl/α,β-unsaturated/α-hetero) is 2. The fraction of sp³-hybridized carbons (Fsp3) is 0.800. The van der Waals surface area contributed by atoms with Gasteiger partial charge in [-0.15, -0.1) is 6.42 Å². The van der Waals surface area contributed by atoms with Gasteiger partial charge in [-0.2, -0.15) is 0 Å². The van der Waals surface area contributed by atoms with E-state index in [-0.39, 0.29) is 31.3 Å².